The number of hydrogen-bond acceptors (Lipinski definition) is 1. The summed E-state index contributed by atoms with van der Waals surface area (Å²) in [7, 11) is 0. The van der Waals surface area contributed by atoms with Gasteiger partial charge in [0.15, 0.2) is 0 Å². The van der Waals surface area contributed by atoms with E-state index in [9.17, 15) is 8.78 Å². The Bertz CT molecular complexity index is 588. The van der Waals surface area contributed by atoms with Crippen molar-refractivity contribution in [1.29, 1.82) is 0 Å². The van der Waals surface area contributed by atoms with Crippen molar-refractivity contribution >= 4 is 31.9 Å². The van der Waals surface area contributed by atoms with Crippen molar-refractivity contribution in [3.8, 4) is 5.75 Å². The van der Waals surface area contributed by atoms with E-state index in [0.29, 0.717) is 22.2 Å². The van der Waals surface area contributed by atoms with Gasteiger partial charge in [0.05, 0.1) is 4.47 Å². The molecule has 0 heterocycles. The fraction of sp³-hybridized carbons (Fsp3) is 0.143. The standard InChI is InChI=1S/C14H10Br2F2O/c15-7-10-6-11(17)2-4-14(10)19-8-9-1-3-13(18)12(16)5-9/h1-6H,7-8H2. The largest absolute Gasteiger partial charge is 0.489 e. The van der Waals surface area contributed by atoms with E-state index in [-0.39, 0.29) is 11.6 Å². The molecule has 0 unspecified atom stereocenters. The molecule has 2 rings (SSSR count). The fourth-order valence-corrected chi connectivity index (χ4v) is 2.45. The van der Waals surface area contributed by atoms with Crippen LogP contribution in [-0.4, -0.2) is 0 Å². The minimum atomic E-state index is -0.313. The van der Waals surface area contributed by atoms with Crippen LogP contribution in [0.2, 0.25) is 0 Å². The lowest BCUT2D eigenvalue weighted by atomic mass is 10.2. The molecule has 0 amide bonds. The Morgan fingerprint density at radius 3 is 2.53 bits per heavy atom. The van der Waals surface area contributed by atoms with E-state index in [0.717, 1.165) is 11.1 Å². The van der Waals surface area contributed by atoms with Gasteiger partial charge in [0.1, 0.15) is 24.0 Å². The Labute approximate surface area is 126 Å². The number of halogens is 4. The van der Waals surface area contributed by atoms with Crippen LogP contribution in [0.25, 0.3) is 0 Å². The van der Waals surface area contributed by atoms with Gasteiger partial charge in [-0.2, -0.15) is 0 Å². The predicted octanol–water partition coefficient (Wildman–Crippen LogP) is 5.20. The van der Waals surface area contributed by atoms with Crippen molar-refractivity contribution in [1.82, 2.24) is 0 Å². The zero-order valence-corrected chi connectivity index (χ0v) is 13.0. The summed E-state index contributed by atoms with van der Waals surface area (Å²) in [6.07, 6.45) is 0. The Morgan fingerprint density at radius 1 is 1.05 bits per heavy atom. The summed E-state index contributed by atoms with van der Waals surface area (Å²) in [5.74, 6) is -0.00303. The molecule has 19 heavy (non-hydrogen) atoms. The third kappa shape index (κ3) is 3.76. The smallest absolute Gasteiger partial charge is 0.137 e. The molecule has 0 saturated heterocycles. The second kappa shape index (κ2) is 6.48. The number of benzene rings is 2. The maximum atomic E-state index is 13.1. The third-order valence-electron chi connectivity index (χ3n) is 2.54. The highest BCUT2D eigenvalue weighted by molar-refractivity contribution is 9.10. The molecule has 0 aliphatic carbocycles. The van der Waals surface area contributed by atoms with Crippen molar-refractivity contribution < 1.29 is 13.5 Å². The summed E-state index contributed by atoms with van der Waals surface area (Å²) in [4.78, 5) is 0. The molecule has 0 fully saturated rings. The van der Waals surface area contributed by atoms with E-state index < -0.39 is 0 Å². The highest BCUT2D eigenvalue weighted by atomic mass is 79.9. The van der Waals surface area contributed by atoms with Crippen LogP contribution in [0.4, 0.5) is 8.78 Å². The first-order chi connectivity index (χ1) is 9.10. The molecule has 0 atom stereocenters. The van der Waals surface area contributed by atoms with Crippen LogP contribution in [0, 0.1) is 11.6 Å². The maximum absolute atomic E-state index is 13.1. The second-order valence-corrected chi connectivity index (χ2v) is 5.34. The van der Waals surface area contributed by atoms with Gasteiger partial charge in [0, 0.05) is 10.9 Å². The molecule has 0 spiro atoms. The summed E-state index contributed by atoms with van der Waals surface area (Å²) >= 11 is 6.41. The summed E-state index contributed by atoms with van der Waals surface area (Å²) in [5.41, 5.74) is 1.57. The molecule has 0 saturated carbocycles. The van der Waals surface area contributed by atoms with E-state index in [1.165, 1.54) is 18.2 Å². The maximum Gasteiger partial charge on any atom is 0.137 e. The SMILES string of the molecule is Fc1ccc(OCc2ccc(F)c(Br)c2)c(CBr)c1. The summed E-state index contributed by atoms with van der Waals surface area (Å²) in [6.45, 7) is 0.296. The first kappa shape index (κ1) is 14.5. The normalized spacial score (nSPS) is 10.5. The quantitative estimate of drug-likeness (QED) is 0.650. The van der Waals surface area contributed by atoms with E-state index >= 15 is 0 Å². The molecule has 2 aromatic carbocycles. The van der Waals surface area contributed by atoms with Crippen LogP contribution in [0.5, 0.6) is 5.75 Å². The van der Waals surface area contributed by atoms with Crippen LogP contribution in [-0.2, 0) is 11.9 Å². The van der Waals surface area contributed by atoms with Gasteiger partial charge in [-0.3, -0.25) is 0 Å². The first-order valence-corrected chi connectivity index (χ1v) is 7.42. The molecule has 100 valence electrons. The van der Waals surface area contributed by atoms with Crippen molar-refractivity contribution in [3.05, 3.63) is 63.6 Å². The van der Waals surface area contributed by atoms with Crippen LogP contribution < -0.4 is 4.74 Å². The summed E-state index contributed by atoms with van der Waals surface area (Å²) in [5, 5.41) is 0.507. The monoisotopic (exact) mass is 390 g/mol. The first-order valence-electron chi connectivity index (χ1n) is 5.51. The molecule has 0 radical (unpaired) electrons. The van der Waals surface area contributed by atoms with Crippen LogP contribution in [0.15, 0.2) is 40.9 Å². The van der Waals surface area contributed by atoms with Gasteiger partial charge in [-0.15, -0.1) is 0 Å². The molecule has 0 aromatic heterocycles. The zero-order chi connectivity index (χ0) is 13.8. The van der Waals surface area contributed by atoms with Crippen LogP contribution in [0.3, 0.4) is 0 Å². The lowest BCUT2D eigenvalue weighted by Crippen LogP contribution is -1.98. The predicted molar refractivity (Wildman–Crippen MR) is 77.5 cm³/mol. The zero-order valence-electron chi connectivity index (χ0n) is 9.80. The number of alkyl halides is 1. The Hall–Kier alpha value is -0.940. The molecular weight excluding hydrogens is 382 g/mol. The molecule has 2 aromatic rings. The molecule has 0 aliphatic rings. The molecule has 5 heteroatoms. The van der Waals surface area contributed by atoms with Gasteiger partial charge >= 0.3 is 0 Å². The van der Waals surface area contributed by atoms with Gasteiger partial charge in [-0.05, 0) is 51.8 Å². The molecular formula is C14H10Br2F2O. The topological polar surface area (TPSA) is 9.23 Å². The average Bonchev–Trinajstić information content (AvgIpc) is 2.41. The molecule has 0 bridgehead atoms. The highest BCUT2D eigenvalue weighted by Gasteiger charge is 2.06. The van der Waals surface area contributed by atoms with Gasteiger partial charge < -0.3 is 4.74 Å². The summed E-state index contributed by atoms with van der Waals surface area (Å²) < 4.78 is 32.2. The van der Waals surface area contributed by atoms with Gasteiger partial charge in [-0.1, -0.05) is 22.0 Å². The number of ether oxygens (including phenoxy) is 1. The highest BCUT2D eigenvalue weighted by Crippen LogP contribution is 2.24. The Morgan fingerprint density at radius 2 is 1.84 bits per heavy atom. The minimum absolute atomic E-state index is 0.296. The van der Waals surface area contributed by atoms with Crippen LogP contribution in [0.1, 0.15) is 11.1 Å². The van der Waals surface area contributed by atoms with E-state index in [2.05, 4.69) is 31.9 Å². The third-order valence-corrected chi connectivity index (χ3v) is 3.76. The minimum Gasteiger partial charge on any atom is -0.489 e. The molecule has 0 aliphatic heterocycles. The van der Waals surface area contributed by atoms with Crippen molar-refractivity contribution in [2.75, 3.05) is 0 Å². The number of rotatable bonds is 4. The van der Waals surface area contributed by atoms with E-state index in [4.69, 9.17) is 4.74 Å². The lowest BCUT2D eigenvalue weighted by Gasteiger charge is -2.10. The van der Waals surface area contributed by atoms with Crippen molar-refractivity contribution in [3.63, 3.8) is 0 Å². The Kier molecular flexibility index (Phi) is 4.93. The Balaban J connectivity index is 2.12. The molecule has 1 nitrogen and oxygen atoms in total. The summed E-state index contributed by atoms with van der Waals surface area (Å²) in [6, 6.07) is 9.04. The fourth-order valence-electron chi connectivity index (χ4n) is 1.58. The van der Waals surface area contributed by atoms with Crippen molar-refractivity contribution in [2.24, 2.45) is 0 Å². The van der Waals surface area contributed by atoms with Gasteiger partial charge in [0.2, 0.25) is 0 Å². The number of hydrogen-bond donors (Lipinski definition) is 0. The van der Waals surface area contributed by atoms with Crippen molar-refractivity contribution in [2.45, 2.75) is 11.9 Å². The van der Waals surface area contributed by atoms with Gasteiger partial charge in [-0.25, -0.2) is 8.78 Å². The van der Waals surface area contributed by atoms with E-state index in [1.807, 2.05) is 0 Å². The van der Waals surface area contributed by atoms with Crippen LogP contribution >= 0.6 is 31.9 Å². The average molecular weight is 392 g/mol. The van der Waals surface area contributed by atoms with Gasteiger partial charge in [0.25, 0.3) is 0 Å². The molecule has 0 N–H and O–H groups in total. The van der Waals surface area contributed by atoms with E-state index in [1.54, 1.807) is 18.2 Å². The second-order valence-electron chi connectivity index (χ2n) is 3.92. The lowest BCUT2D eigenvalue weighted by molar-refractivity contribution is 0.303.